The van der Waals surface area contributed by atoms with E-state index in [4.69, 9.17) is 5.73 Å². The van der Waals surface area contributed by atoms with Crippen LogP contribution in [0.2, 0.25) is 0 Å². The van der Waals surface area contributed by atoms with Gasteiger partial charge in [0.15, 0.2) is 0 Å². The third-order valence-electron chi connectivity index (χ3n) is 5.48. The quantitative estimate of drug-likeness (QED) is 0.372. The molecule has 0 aliphatic carbocycles. The molecule has 4 rings (SSSR count). The number of H-pyrrole nitrogens is 2. The molecule has 1 saturated heterocycles. The van der Waals surface area contributed by atoms with Crippen LogP contribution in [0.4, 0.5) is 0 Å². The number of aliphatic imine (C=N–C) groups is 1. The van der Waals surface area contributed by atoms with E-state index in [1.807, 2.05) is 33.0 Å². The zero-order valence-corrected chi connectivity index (χ0v) is 18.9. The smallest absolute Gasteiger partial charge is 0.118 e. The third-order valence-corrected chi connectivity index (χ3v) is 5.48. The minimum absolute atomic E-state index is 0.142. The molecule has 3 heterocycles. The average Bonchev–Trinajstić information content (AvgIpc) is 3.40. The Kier molecular flexibility index (Phi) is 7.65. The molecule has 0 amide bonds. The molecule has 0 spiro atoms. The van der Waals surface area contributed by atoms with Crippen LogP contribution < -0.4 is 5.73 Å². The zero-order chi connectivity index (χ0) is 22.4. The zero-order valence-electron chi connectivity index (χ0n) is 18.9. The molecule has 1 aliphatic heterocycles. The molecule has 0 saturated carbocycles. The van der Waals surface area contributed by atoms with Crippen molar-refractivity contribution in [1.82, 2.24) is 19.9 Å². The molecule has 1 fully saturated rings. The average molecular weight is 423 g/mol. The van der Waals surface area contributed by atoms with E-state index >= 15 is 0 Å². The Balaban J connectivity index is 0.00000132. The van der Waals surface area contributed by atoms with Gasteiger partial charge in [0.05, 0.1) is 18.0 Å². The van der Waals surface area contributed by atoms with Crippen LogP contribution in [0.15, 0.2) is 41.5 Å². The molecule has 5 N–H and O–H groups in total. The largest absolute Gasteiger partial charge is 0.393 e. The maximum atomic E-state index is 9.70. The molecule has 166 valence electrons. The summed E-state index contributed by atoms with van der Waals surface area (Å²) in [7, 11) is 1.68. The summed E-state index contributed by atoms with van der Waals surface area (Å²) in [5, 5.41) is 10.9. The van der Waals surface area contributed by atoms with Crippen LogP contribution in [0.25, 0.3) is 16.5 Å². The monoisotopic (exact) mass is 422 g/mol. The molecular formula is C24H34N6O. The van der Waals surface area contributed by atoms with Gasteiger partial charge < -0.3 is 20.8 Å². The lowest BCUT2D eigenvalue weighted by molar-refractivity contribution is 0.0792. The number of amidine groups is 1. The fraction of sp³-hybridized carbons (Fsp3) is 0.417. The van der Waals surface area contributed by atoms with Crippen LogP contribution in [0.1, 0.15) is 49.5 Å². The number of likely N-dealkylation sites (tertiary alicyclic amines) is 1. The van der Waals surface area contributed by atoms with Crippen LogP contribution in [-0.2, 0) is 6.54 Å². The van der Waals surface area contributed by atoms with Crippen molar-refractivity contribution in [2.75, 3.05) is 20.1 Å². The summed E-state index contributed by atoms with van der Waals surface area (Å²) < 4.78 is 0. The summed E-state index contributed by atoms with van der Waals surface area (Å²) >= 11 is 0. The maximum absolute atomic E-state index is 9.70. The van der Waals surface area contributed by atoms with Gasteiger partial charge in [-0.15, -0.1) is 0 Å². The summed E-state index contributed by atoms with van der Waals surface area (Å²) in [5.74, 6) is 1.31. The molecule has 0 radical (unpaired) electrons. The lowest BCUT2D eigenvalue weighted by atomic mass is 10.1. The van der Waals surface area contributed by atoms with E-state index in [0.717, 1.165) is 66.2 Å². The van der Waals surface area contributed by atoms with Crippen LogP contribution in [-0.4, -0.2) is 57.0 Å². The Bertz CT molecular complexity index is 1050. The van der Waals surface area contributed by atoms with E-state index in [0.29, 0.717) is 5.84 Å². The van der Waals surface area contributed by atoms with Gasteiger partial charge in [0, 0.05) is 48.9 Å². The van der Waals surface area contributed by atoms with Crippen LogP contribution in [0.3, 0.4) is 0 Å². The van der Waals surface area contributed by atoms with E-state index in [9.17, 15) is 5.11 Å². The van der Waals surface area contributed by atoms with Crippen molar-refractivity contribution in [2.24, 2.45) is 10.7 Å². The Morgan fingerprint density at radius 1 is 1.23 bits per heavy atom. The van der Waals surface area contributed by atoms with E-state index in [1.54, 1.807) is 7.05 Å². The molecule has 31 heavy (non-hydrogen) atoms. The van der Waals surface area contributed by atoms with Crippen molar-refractivity contribution >= 4 is 22.3 Å². The highest BCUT2D eigenvalue weighted by Gasteiger charge is 2.17. The summed E-state index contributed by atoms with van der Waals surface area (Å²) in [4.78, 5) is 17.6. The first kappa shape index (κ1) is 22.8. The van der Waals surface area contributed by atoms with E-state index in [1.165, 1.54) is 5.56 Å². The van der Waals surface area contributed by atoms with Crippen molar-refractivity contribution < 1.29 is 5.11 Å². The minimum Gasteiger partial charge on any atom is -0.393 e. The summed E-state index contributed by atoms with van der Waals surface area (Å²) in [5.41, 5.74) is 11.1. The number of aryl methyl sites for hydroxylation is 1. The standard InChI is InChI=1S/C22H28N6O.C2H6/c1-14-25-12-21(26-14)18(11-22(23)24-2)20-10-16-9-15(3-4-19(16)27-20)13-28-7-5-17(29)6-8-28;1-2/h3-4,9-12,17,27,29H,5-8,13H2,1-2H3,(H2,23,24)(H,25,26);1-2H3/b18-11-;. The molecule has 0 unspecified atom stereocenters. The number of nitrogens with two attached hydrogens (primary N) is 1. The molecule has 1 aromatic carbocycles. The van der Waals surface area contributed by atoms with Gasteiger partial charge in [-0.3, -0.25) is 9.89 Å². The van der Waals surface area contributed by atoms with Gasteiger partial charge in [-0.05, 0) is 49.6 Å². The number of benzene rings is 1. The number of nitrogens with one attached hydrogen (secondary N) is 2. The lowest BCUT2D eigenvalue weighted by Gasteiger charge is -2.29. The van der Waals surface area contributed by atoms with Crippen molar-refractivity contribution in [2.45, 2.75) is 46.3 Å². The van der Waals surface area contributed by atoms with Crippen molar-refractivity contribution in [1.29, 1.82) is 0 Å². The number of aliphatic hydroxyl groups is 1. The van der Waals surface area contributed by atoms with E-state index in [-0.39, 0.29) is 6.10 Å². The summed E-state index contributed by atoms with van der Waals surface area (Å²) in [6, 6.07) is 8.66. The molecule has 3 aromatic rings. The molecule has 0 atom stereocenters. The van der Waals surface area contributed by atoms with Gasteiger partial charge in [0.25, 0.3) is 0 Å². The number of hydrogen-bond donors (Lipinski definition) is 4. The number of aromatic nitrogens is 3. The predicted molar refractivity (Wildman–Crippen MR) is 128 cm³/mol. The first-order valence-corrected chi connectivity index (χ1v) is 11.0. The SMILES string of the molecule is CC.CN=C(N)/C=C(\c1cnc(C)[nH]1)c1cc2cc(CN3CCC(O)CC3)ccc2[nH]1. The highest BCUT2D eigenvalue weighted by atomic mass is 16.3. The Morgan fingerprint density at radius 3 is 2.61 bits per heavy atom. The molecule has 0 bridgehead atoms. The van der Waals surface area contributed by atoms with Gasteiger partial charge >= 0.3 is 0 Å². The second-order valence-electron chi connectivity index (χ2n) is 7.70. The third kappa shape index (κ3) is 5.62. The van der Waals surface area contributed by atoms with Crippen LogP contribution in [0, 0.1) is 6.92 Å². The second kappa shape index (κ2) is 10.4. The van der Waals surface area contributed by atoms with Crippen molar-refractivity contribution in [3.05, 3.63) is 59.3 Å². The van der Waals surface area contributed by atoms with E-state index < -0.39 is 0 Å². The number of piperidine rings is 1. The van der Waals surface area contributed by atoms with Crippen LogP contribution in [0.5, 0.6) is 0 Å². The van der Waals surface area contributed by atoms with Gasteiger partial charge in [-0.2, -0.15) is 0 Å². The highest BCUT2D eigenvalue weighted by molar-refractivity contribution is 6.01. The number of aliphatic hydroxyl groups excluding tert-OH is 1. The number of rotatable bonds is 5. The Hall–Kier alpha value is -2.90. The lowest BCUT2D eigenvalue weighted by Crippen LogP contribution is -2.35. The van der Waals surface area contributed by atoms with Crippen molar-refractivity contribution in [3.63, 3.8) is 0 Å². The topological polar surface area (TPSA) is 106 Å². The van der Waals surface area contributed by atoms with Gasteiger partial charge in [0.1, 0.15) is 11.7 Å². The fourth-order valence-corrected chi connectivity index (χ4v) is 3.83. The first-order valence-electron chi connectivity index (χ1n) is 11.0. The normalized spacial score (nSPS) is 16.4. The number of imidazole rings is 1. The number of nitrogens with zero attached hydrogens (tertiary/aromatic N) is 3. The predicted octanol–water partition coefficient (Wildman–Crippen LogP) is 3.60. The second-order valence-corrected chi connectivity index (χ2v) is 7.70. The number of fused-ring (bicyclic) bond motifs is 1. The van der Waals surface area contributed by atoms with Crippen molar-refractivity contribution in [3.8, 4) is 0 Å². The molecular weight excluding hydrogens is 388 g/mol. The molecule has 7 nitrogen and oxygen atoms in total. The molecule has 7 heteroatoms. The van der Waals surface area contributed by atoms with Gasteiger partial charge in [-0.1, -0.05) is 19.9 Å². The van der Waals surface area contributed by atoms with Gasteiger partial charge in [0.2, 0.25) is 0 Å². The first-order chi connectivity index (χ1) is 15.0. The highest BCUT2D eigenvalue weighted by Crippen LogP contribution is 2.27. The van der Waals surface area contributed by atoms with Crippen LogP contribution >= 0.6 is 0 Å². The molecule has 1 aliphatic rings. The Morgan fingerprint density at radius 2 is 1.97 bits per heavy atom. The van der Waals surface area contributed by atoms with E-state index in [2.05, 4.69) is 49.1 Å². The fourth-order valence-electron chi connectivity index (χ4n) is 3.83. The molecule has 2 aromatic heterocycles. The van der Waals surface area contributed by atoms with Gasteiger partial charge in [-0.25, -0.2) is 4.98 Å². The summed E-state index contributed by atoms with van der Waals surface area (Å²) in [6.45, 7) is 8.72. The Labute approximate surface area is 184 Å². The number of aromatic amines is 2. The summed E-state index contributed by atoms with van der Waals surface area (Å²) in [6.07, 6.45) is 5.24. The maximum Gasteiger partial charge on any atom is 0.118 e. The number of hydrogen-bond acceptors (Lipinski definition) is 4. The minimum atomic E-state index is -0.142.